The maximum Gasteiger partial charge on any atom is 0.123 e. The van der Waals surface area contributed by atoms with Gasteiger partial charge < -0.3 is 15.8 Å². The molecule has 0 atom stereocenters. The number of rotatable bonds is 7. The first-order chi connectivity index (χ1) is 8.92. The van der Waals surface area contributed by atoms with Crippen LogP contribution in [0.5, 0.6) is 5.75 Å². The van der Waals surface area contributed by atoms with Crippen molar-refractivity contribution in [3.63, 3.8) is 0 Å². The van der Waals surface area contributed by atoms with E-state index in [1.807, 2.05) is 0 Å². The summed E-state index contributed by atoms with van der Waals surface area (Å²) in [5, 5.41) is 3.48. The first-order valence-electron chi connectivity index (χ1n) is 6.99. The summed E-state index contributed by atoms with van der Waals surface area (Å²) >= 11 is 0. The molecule has 0 aliphatic rings. The van der Waals surface area contributed by atoms with Crippen LogP contribution < -0.4 is 15.8 Å². The molecular formula is C16H28N2O. The maximum atomic E-state index is 5.57. The summed E-state index contributed by atoms with van der Waals surface area (Å²) in [6.45, 7) is 11.4. The van der Waals surface area contributed by atoms with Crippen LogP contribution in [-0.4, -0.2) is 26.7 Å². The van der Waals surface area contributed by atoms with Crippen molar-refractivity contribution in [2.24, 2.45) is 5.73 Å². The van der Waals surface area contributed by atoms with E-state index in [0.717, 1.165) is 31.8 Å². The van der Waals surface area contributed by atoms with Crippen LogP contribution in [0, 0.1) is 13.8 Å². The molecule has 0 unspecified atom stereocenters. The summed E-state index contributed by atoms with van der Waals surface area (Å²) in [5.41, 5.74) is 9.38. The molecule has 0 amide bonds. The molecule has 0 bridgehead atoms. The summed E-state index contributed by atoms with van der Waals surface area (Å²) in [5.74, 6) is 0.989. The van der Waals surface area contributed by atoms with E-state index < -0.39 is 0 Å². The SMILES string of the molecule is COc1cc(C)cc(C)c1C(C)(C)CNCCCN. The largest absolute Gasteiger partial charge is 0.496 e. The predicted octanol–water partition coefficient (Wildman–Crippen LogP) is 2.53. The number of hydrogen-bond donors (Lipinski definition) is 2. The van der Waals surface area contributed by atoms with Gasteiger partial charge in [-0.05, 0) is 50.6 Å². The number of nitrogens with two attached hydrogens (primary N) is 1. The van der Waals surface area contributed by atoms with E-state index >= 15 is 0 Å². The van der Waals surface area contributed by atoms with Gasteiger partial charge in [-0.3, -0.25) is 0 Å². The van der Waals surface area contributed by atoms with Crippen molar-refractivity contribution >= 4 is 0 Å². The molecule has 0 aliphatic heterocycles. The summed E-state index contributed by atoms with van der Waals surface area (Å²) in [4.78, 5) is 0. The van der Waals surface area contributed by atoms with Gasteiger partial charge in [-0.25, -0.2) is 0 Å². The van der Waals surface area contributed by atoms with Crippen molar-refractivity contribution < 1.29 is 4.74 Å². The minimum absolute atomic E-state index is 0.0394. The lowest BCUT2D eigenvalue weighted by molar-refractivity contribution is 0.384. The normalized spacial score (nSPS) is 11.7. The van der Waals surface area contributed by atoms with E-state index in [2.05, 4.69) is 45.1 Å². The van der Waals surface area contributed by atoms with Crippen molar-refractivity contribution in [2.45, 2.75) is 39.5 Å². The van der Waals surface area contributed by atoms with E-state index in [1.165, 1.54) is 16.7 Å². The molecule has 3 nitrogen and oxygen atoms in total. The molecule has 3 N–H and O–H groups in total. The summed E-state index contributed by atoms with van der Waals surface area (Å²) in [6, 6.07) is 4.34. The zero-order valence-electron chi connectivity index (χ0n) is 13.0. The number of hydrogen-bond acceptors (Lipinski definition) is 3. The van der Waals surface area contributed by atoms with E-state index in [4.69, 9.17) is 10.5 Å². The average Bonchev–Trinajstić information content (AvgIpc) is 2.33. The average molecular weight is 264 g/mol. The third-order valence-electron chi connectivity index (χ3n) is 3.46. The predicted molar refractivity (Wildman–Crippen MR) is 82.0 cm³/mol. The minimum Gasteiger partial charge on any atom is -0.496 e. The Bertz CT molecular complexity index is 413. The molecule has 0 spiro atoms. The molecule has 3 heteroatoms. The van der Waals surface area contributed by atoms with Crippen LogP contribution in [0.2, 0.25) is 0 Å². The van der Waals surface area contributed by atoms with Crippen LogP contribution in [0.25, 0.3) is 0 Å². The van der Waals surface area contributed by atoms with Crippen LogP contribution in [0.15, 0.2) is 12.1 Å². The van der Waals surface area contributed by atoms with Crippen molar-refractivity contribution in [2.75, 3.05) is 26.7 Å². The first-order valence-corrected chi connectivity index (χ1v) is 6.99. The Balaban J connectivity index is 2.93. The second kappa shape index (κ2) is 6.92. The Labute approximate surface area is 117 Å². The smallest absolute Gasteiger partial charge is 0.123 e. The van der Waals surface area contributed by atoms with Crippen molar-refractivity contribution in [3.8, 4) is 5.75 Å². The van der Waals surface area contributed by atoms with E-state index in [-0.39, 0.29) is 5.41 Å². The highest BCUT2D eigenvalue weighted by Gasteiger charge is 2.26. The van der Waals surface area contributed by atoms with Crippen molar-refractivity contribution in [3.05, 3.63) is 28.8 Å². The zero-order chi connectivity index (χ0) is 14.5. The lowest BCUT2D eigenvalue weighted by atomic mass is 9.80. The van der Waals surface area contributed by atoms with Gasteiger partial charge in [-0.15, -0.1) is 0 Å². The molecule has 0 aliphatic carbocycles. The molecule has 1 aromatic rings. The van der Waals surface area contributed by atoms with Gasteiger partial charge in [0.1, 0.15) is 5.75 Å². The van der Waals surface area contributed by atoms with Gasteiger partial charge in [0, 0.05) is 17.5 Å². The van der Waals surface area contributed by atoms with Gasteiger partial charge >= 0.3 is 0 Å². The lowest BCUT2D eigenvalue weighted by Crippen LogP contribution is -2.35. The molecule has 0 saturated heterocycles. The number of methoxy groups -OCH3 is 1. The number of benzene rings is 1. The van der Waals surface area contributed by atoms with E-state index in [0.29, 0.717) is 0 Å². The van der Waals surface area contributed by atoms with Crippen LogP contribution in [0.4, 0.5) is 0 Å². The molecule has 1 rings (SSSR count). The Hall–Kier alpha value is -1.06. The Morgan fingerprint density at radius 1 is 1.26 bits per heavy atom. The molecule has 1 aromatic carbocycles. The quantitative estimate of drug-likeness (QED) is 0.744. The van der Waals surface area contributed by atoms with E-state index in [1.54, 1.807) is 7.11 Å². The number of nitrogens with one attached hydrogen (secondary N) is 1. The van der Waals surface area contributed by atoms with Gasteiger partial charge in [-0.2, -0.15) is 0 Å². The van der Waals surface area contributed by atoms with Gasteiger partial charge in [0.05, 0.1) is 7.11 Å². The van der Waals surface area contributed by atoms with Gasteiger partial charge in [0.25, 0.3) is 0 Å². The van der Waals surface area contributed by atoms with Crippen LogP contribution in [-0.2, 0) is 5.41 Å². The molecule has 0 saturated carbocycles. The molecule has 0 radical (unpaired) electrons. The minimum atomic E-state index is 0.0394. The van der Waals surface area contributed by atoms with Gasteiger partial charge in [-0.1, -0.05) is 19.9 Å². The van der Waals surface area contributed by atoms with Crippen molar-refractivity contribution in [1.29, 1.82) is 0 Å². The highest BCUT2D eigenvalue weighted by molar-refractivity contribution is 5.47. The molecular weight excluding hydrogens is 236 g/mol. The molecule has 0 fully saturated rings. The fourth-order valence-corrected chi connectivity index (χ4v) is 2.67. The highest BCUT2D eigenvalue weighted by atomic mass is 16.5. The fourth-order valence-electron chi connectivity index (χ4n) is 2.67. The third-order valence-corrected chi connectivity index (χ3v) is 3.46. The fraction of sp³-hybridized carbons (Fsp3) is 0.625. The van der Waals surface area contributed by atoms with Crippen LogP contribution in [0.1, 0.15) is 37.0 Å². The summed E-state index contributed by atoms with van der Waals surface area (Å²) < 4.78 is 5.57. The van der Waals surface area contributed by atoms with Crippen LogP contribution in [0.3, 0.4) is 0 Å². The topological polar surface area (TPSA) is 47.3 Å². The maximum absolute atomic E-state index is 5.57. The monoisotopic (exact) mass is 264 g/mol. The molecule has 0 heterocycles. The number of aryl methyl sites for hydroxylation is 2. The van der Waals surface area contributed by atoms with Crippen LogP contribution >= 0.6 is 0 Å². The standard InChI is InChI=1S/C16H28N2O/c1-12-9-13(2)15(14(10-12)19-5)16(3,4)11-18-8-6-7-17/h9-10,18H,6-8,11,17H2,1-5H3. The third kappa shape index (κ3) is 4.22. The van der Waals surface area contributed by atoms with Crippen molar-refractivity contribution in [1.82, 2.24) is 5.32 Å². The molecule has 108 valence electrons. The Kier molecular flexibility index (Phi) is 5.83. The second-order valence-corrected chi connectivity index (χ2v) is 5.86. The molecule has 0 aromatic heterocycles. The van der Waals surface area contributed by atoms with Gasteiger partial charge in [0.15, 0.2) is 0 Å². The Morgan fingerprint density at radius 2 is 1.95 bits per heavy atom. The zero-order valence-corrected chi connectivity index (χ0v) is 13.0. The highest BCUT2D eigenvalue weighted by Crippen LogP contribution is 2.35. The van der Waals surface area contributed by atoms with E-state index in [9.17, 15) is 0 Å². The second-order valence-electron chi connectivity index (χ2n) is 5.86. The summed E-state index contributed by atoms with van der Waals surface area (Å²) in [6.07, 6.45) is 1.01. The van der Waals surface area contributed by atoms with Gasteiger partial charge in [0.2, 0.25) is 0 Å². The molecule has 19 heavy (non-hydrogen) atoms. The summed E-state index contributed by atoms with van der Waals surface area (Å²) in [7, 11) is 1.75. The lowest BCUT2D eigenvalue weighted by Gasteiger charge is -2.29. The Morgan fingerprint density at radius 3 is 2.53 bits per heavy atom. The first kappa shape index (κ1) is 16.0. The number of ether oxygens (including phenoxy) is 1.